The first-order valence-corrected chi connectivity index (χ1v) is 15.6. The van der Waals surface area contributed by atoms with E-state index in [1.54, 1.807) is 27.7 Å². The normalized spacial score (nSPS) is 10.7. The minimum atomic E-state index is -0.833. The average Bonchev–Trinajstić information content (AvgIpc) is 3.57. The number of carbonyl (C=O) groups excluding carboxylic acids is 4. The summed E-state index contributed by atoms with van der Waals surface area (Å²) in [4.78, 5) is 55.5. The van der Waals surface area contributed by atoms with E-state index in [-0.39, 0.29) is 84.9 Å². The zero-order chi connectivity index (χ0) is 34.8. The molecule has 254 valence electrons. The van der Waals surface area contributed by atoms with Gasteiger partial charge < -0.3 is 37.6 Å². The maximum absolute atomic E-state index is 14.0. The molecular weight excluding hydrogens is 620 g/mol. The van der Waals surface area contributed by atoms with Gasteiger partial charge in [-0.2, -0.15) is 0 Å². The van der Waals surface area contributed by atoms with Crippen LogP contribution in [0, 0.1) is 0 Å². The number of esters is 4. The van der Waals surface area contributed by atoms with Crippen LogP contribution in [0.2, 0.25) is 0 Å². The second kappa shape index (κ2) is 16.3. The first-order chi connectivity index (χ1) is 23.3. The molecule has 12 heteroatoms. The molecule has 0 radical (unpaired) electrons. The summed E-state index contributed by atoms with van der Waals surface area (Å²) in [5, 5.41) is 0. The van der Waals surface area contributed by atoms with Crippen molar-refractivity contribution < 1.29 is 47.6 Å². The molecule has 0 unspecified atom stereocenters. The third-order valence-electron chi connectivity index (χ3n) is 7.33. The SMILES string of the molecule is CCOC(=O)c1c(OC)c(C(=O)OCC)n(Cc2ccccc2)c1-c1c(C(=O)OCC)c(OC)c(C(=O)OCC)n1Cc1ccccc1. The lowest BCUT2D eigenvalue weighted by Crippen LogP contribution is -2.18. The van der Waals surface area contributed by atoms with Crippen molar-refractivity contribution in [1.82, 2.24) is 9.13 Å². The maximum Gasteiger partial charge on any atom is 0.358 e. The van der Waals surface area contributed by atoms with E-state index in [2.05, 4.69) is 0 Å². The summed E-state index contributed by atoms with van der Waals surface area (Å²) < 4.78 is 36.6. The van der Waals surface area contributed by atoms with Crippen molar-refractivity contribution in [2.45, 2.75) is 40.8 Å². The molecule has 0 bridgehead atoms. The summed E-state index contributed by atoms with van der Waals surface area (Å²) in [6.07, 6.45) is 0. The van der Waals surface area contributed by atoms with Gasteiger partial charge in [0.1, 0.15) is 11.1 Å². The quantitative estimate of drug-likeness (QED) is 0.114. The van der Waals surface area contributed by atoms with Gasteiger partial charge in [-0.25, -0.2) is 19.2 Å². The molecule has 48 heavy (non-hydrogen) atoms. The highest BCUT2D eigenvalue weighted by Crippen LogP contribution is 2.45. The van der Waals surface area contributed by atoms with Crippen LogP contribution in [0.1, 0.15) is 80.5 Å². The predicted octanol–water partition coefficient (Wildman–Crippen LogP) is 5.78. The number of nitrogens with zero attached hydrogens (tertiary/aromatic N) is 2. The van der Waals surface area contributed by atoms with E-state index < -0.39 is 23.9 Å². The van der Waals surface area contributed by atoms with E-state index in [0.29, 0.717) is 0 Å². The highest BCUT2D eigenvalue weighted by Gasteiger charge is 2.41. The lowest BCUT2D eigenvalue weighted by atomic mass is 10.1. The Kier molecular flexibility index (Phi) is 12.0. The summed E-state index contributed by atoms with van der Waals surface area (Å²) in [5.41, 5.74) is 1.07. The van der Waals surface area contributed by atoms with E-state index in [0.717, 1.165) is 11.1 Å². The number of methoxy groups -OCH3 is 2. The Morgan fingerprint density at radius 1 is 0.500 bits per heavy atom. The Morgan fingerprint density at radius 2 is 0.812 bits per heavy atom. The lowest BCUT2D eigenvalue weighted by Gasteiger charge is -2.18. The van der Waals surface area contributed by atoms with Crippen molar-refractivity contribution in [2.75, 3.05) is 40.6 Å². The van der Waals surface area contributed by atoms with Crippen LogP contribution in [0.3, 0.4) is 0 Å². The molecule has 0 spiro atoms. The topological polar surface area (TPSA) is 134 Å². The number of rotatable bonds is 15. The van der Waals surface area contributed by atoms with Crippen LogP contribution >= 0.6 is 0 Å². The number of ether oxygens (including phenoxy) is 6. The number of hydrogen-bond donors (Lipinski definition) is 0. The summed E-state index contributed by atoms with van der Waals surface area (Å²) >= 11 is 0. The second-order valence-electron chi connectivity index (χ2n) is 10.2. The smallest absolute Gasteiger partial charge is 0.358 e. The highest BCUT2D eigenvalue weighted by atomic mass is 16.6. The molecule has 4 rings (SSSR count). The summed E-state index contributed by atoms with van der Waals surface area (Å²) in [6.45, 7) is 6.68. The van der Waals surface area contributed by atoms with Crippen LogP contribution < -0.4 is 9.47 Å². The molecule has 4 aromatic rings. The molecule has 0 aliphatic heterocycles. The first kappa shape index (κ1) is 35.3. The van der Waals surface area contributed by atoms with Gasteiger partial charge in [-0.05, 0) is 38.8 Å². The van der Waals surface area contributed by atoms with Crippen LogP contribution in [0.15, 0.2) is 60.7 Å². The lowest BCUT2D eigenvalue weighted by molar-refractivity contribution is 0.0496. The van der Waals surface area contributed by atoms with Crippen molar-refractivity contribution in [2.24, 2.45) is 0 Å². The third-order valence-corrected chi connectivity index (χ3v) is 7.33. The minimum absolute atomic E-state index is 0.00676. The molecule has 0 aliphatic rings. The monoisotopic (exact) mass is 660 g/mol. The van der Waals surface area contributed by atoms with Gasteiger partial charge in [-0.15, -0.1) is 0 Å². The Hall–Kier alpha value is -5.52. The Balaban J connectivity index is 2.31. The Morgan fingerprint density at radius 3 is 1.10 bits per heavy atom. The maximum atomic E-state index is 14.0. The van der Waals surface area contributed by atoms with Crippen molar-refractivity contribution in [3.63, 3.8) is 0 Å². The van der Waals surface area contributed by atoms with Gasteiger partial charge in [-0.1, -0.05) is 60.7 Å². The second-order valence-corrected chi connectivity index (χ2v) is 10.2. The molecule has 2 heterocycles. The minimum Gasteiger partial charge on any atom is -0.493 e. The fraction of sp³-hybridized carbons (Fsp3) is 0.333. The molecular formula is C36H40N2O10. The van der Waals surface area contributed by atoms with Gasteiger partial charge in [0.25, 0.3) is 0 Å². The van der Waals surface area contributed by atoms with Crippen LogP contribution in [0.5, 0.6) is 11.5 Å². The number of aromatic nitrogens is 2. The van der Waals surface area contributed by atoms with E-state index >= 15 is 0 Å². The van der Waals surface area contributed by atoms with Crippen LogP contribution in [0.25, 0.3) is 11.4 Å². The van der Waals surface area contributed by atoms with Crippen LogP contribution in [0.4, 0.5) is 0 Å². The van der Waals surface area contributed by atoms with Gasteiger partial charge in [0.05, 0.1) is 52.0 Å². The van der Waals surface area contributed by atoms with Gasteiger partial charge in [-0.3, -0.25) is 0 Å². The van der Waals surface area contributed by atoms with Crippen molar-refractivity contribution >= 4 is 23.9 Å². The first-order valence-electron chi connectivity index (χ1n) is 15.6. The molecule has 0 amide bonds. The standard InChI is InChI=1S/C36H40N2O10/c1-7-45-33(39)25-27(37(21-23-17-13-11-14-18-23)29(31(25)43-5)35(41)47-9-3)28-26(34(40)46-8-2)32(44-6)30(36(42)48-10-4)38(28)22-24-19-15-12-16-20-24/h11-20H,7-10,21-22H2,1-6H3. The molecule has 0 N–H and O–H groups in total. The van der Waals surface area contributed by atoms with Crippen molar-refractivity contribution in [3.05, 3.63) is 94.3 Å². The van der Waals surface area contributed by atoms with E-state index in [1.807, 2.05) is 60.7 Å². The number of hydrogen-bond acceptors (Lipinski definition) is 10. The Labute approximate surface area is 279 Å². The van der Waals surface area contributed by atoms with E-state index in [9.17, 15) is 19.2 Å². The van der Waals surface area contributed by atoms with Gasteiger partial charge in [0, 0.05) is 13.1 Å². The van der Waals surface area contributed by atoms with E-state index in [1.165, 1.54) is 23.4 Å². The highest BCUT2D eigenvalue weighted by molar-refractivity contribution is 6.11. The molecule has 12 nitrogen and oxygen atoms in total. The zero-order valence-corrected chi connectivity index (χ0v) is 28.0. The largest absolute Gasteiger partial charge is 0.493 e. The zero-order valence-electron chi connectivity index (χ0n) is 28.0. The third kappa shape index (κ3) is 7.07. The van der Waals surface area contributed by atoms with Crippen LogP contribution in [-0.2, 0) is 32.0 Å². The molecule has 2 aromatic carbocycles. The fourth-order valence-corrected chi connectivity index (χ4v) is 5.52. The van der Waals surface area contributed by atoms with Crippen LogP contribution in [-0.4, -0.2) is 73.7 Å². The van der Waals surface area contributed by atoms with E-state index in [4.69, 9.17) is 28.4 Å². The molecule has 0 atom stereocenters. The molecule has 0 saturated heterocycles. The van der Waals surface area contributed by atoms with Crippen molar-refractivity contribution in [3.8, 4) is 22.9 Å². The molecule has 2 aromatic heterocycles. The fourth-order valence-electron chi connectivity index (χ4n) is 5.52. The molecule has 0 fully saturated rings. The Bertz CT molecular complexity index is 1630. The average molecular weight is 661 g/mol. The summed E-state index contributed by atoms with van der Waals surface area (Å²) in [5.74, 6) is -3.48. The summed E-state index contributed by atoms with van der Waals surface area (Å²) in [6, 6.07) is 18.4. The molecule has 0 aliphatic carbocycles. The number of carbonyl (C=O) groups is 4. The molecule has 0 saturated carbocycles. The van der Waals surface area contributed by atoms with Crippen molar-refractivity contribution in [1.29, 1.82) is 0 Å². The predicted molar refractivity (Wildman–Crippen MR) is 176 cm³/mol. The van der Waals surface area contributed by atoms with Gasteiger partial charge in [0.15, 0.2) is 22.9 Å². The summed E-state index contributed by atoms with van der Waals surface area (Å²) in [7, 11) is 2.63. The van der Waals surface area contributed by atoms with Gasteiger partial charge in [0.2, 0.25) is 0 Å². The number of benzene rings is 2. The van der Waals surface area contributed by atoms with Gasteiger partial charge >= 0.3 is 23.9 Å².